The van der Waals surface area contributed by atoms with Crippen LogP contribution in [0.1, 0.15) is 29.9 Å². The fraction of sp³-hybridized carbons (Fsp3) is 0.357. The Morgan fingerprint density at radius 3 is 2.52 bits per heavy atom. The molecule has 2 aromatic rings. The van der Waals surface area contributed by atoms with Crippen molar-refractivity contribution in [1.82, 2.24) is 14.5 Å². The highest BCUT2D eigenvalue weighted by molar-refractivity contribution is 7.89. The molecule has 1 aromatic heterocycles. The van der Waals surface area contributed by atoms with Crippen molar-refractivity contribution in [2.45, 2.75) is 31.7 Å². The first kappa shape index (κ1) is 15.7. The molecule has 0 spiro atoms. The summed E-state index contributed by atoms with van der Waals surface area (Å²) in [6, 6.07) is 5.33. The molecule has 2 rings (SSSR count). The van der Waals surface area contributed by atoms with Gasteiger partial charge in [-0.05, 0) is 38.5 Å². The van der Waals surface area contributed by atoms with Crippen molar-refractivity contribution >= 4 is 10.0 Å². The minimum absolute atomic E-state index is 0.174. The zero-order valence-electron chi connectivity index (χ0n) is 12.4. The SMILES string of the molecule is Cc1nn(C)c(C)c1S(=O)(=O)N[C@H](C)c1cccc(F)c1. The number of nitrogens with one attached hydrogen (secondary N) is 1. The number of benzene rings is 1. The topological polar surface area (TPSA) is 64.0 Å². The number of sulfonamides is 1. The minimum atomic E-state index is -3.72. The van der Waals surface area contributed by atoms with Crippen molar-refractivity contribution in [2.24, 2.45) is 7.05 Å². The van der Waals surface area contributed by atoms with Crippen molar-refractivity contribution < 1.29 is 12.8 Å². The Bertz CT molecular complexity index is 769. The van der Waals surface area contributed by atoms with Gasteiger partial charge in [0.1, 0.15) is 10.7 Å². The number of aryl methyl sites for hydroxylation is 2. The first-order valence-corrected chi connectivity index (χ1v) is 7.98. The quantitative estimate of drug-likeness (QED) is 0.941. The van der Waals surface area contributed by atoms with Crippen LogP contribution in [-0.4, -0.2) is 18.2 Å². The number of aromatic nitrogens is 2. The van der Waals surface area contributed by atoms with E-state index in [2.05, 4.69) is 9.82 Å². The fourth-order valence-corrected chi connectivity index (χ4v) is 3.95. The molecule has 5 nitrogen and oxygen atoms in total. The van der Waals surface area contributed by atoms with Crippen molar-refractivity contribution in [2.75, 3.05) is 0 Å². The van der Waals surface area contributed by atoms with E-state index in [9.17, 15) is 12.8 Å². The lowest BCUT2D eigenvalue weighted by molar-refractivity contribution is 0.563. The van der Waals surface area contributed by atoms with Crippen LogP contribution in [0.3, 0.4) is 0 Å². The molecule has 0 amide bonds. The molecule has 0 aliphatic rings. The molecule has 1 N–H and O–H groups in total. The summed E-state index contributed by atoms with van der Waals surface area (Å²) in [5.74, 6) is -0.396. The van der Waals surface area contributed by atoms with Gasteiger partial charge in [0.2, 0.25) is 10.0 Å². The van der Waals surface area contributed by atoms with Crippen molar-refractivity contribution in [3.05, 3.63) is 47.0 Å². The predicted octanol–water partition coefficient (Wildman–Crippen LogP) is 2.22. The summed E-state index contributed by atoms with van der Waals surface area (Å²) in [6.07, 6.45) is 0. The Morgan fingerprint density at radius 2 is 2.00 bits per heavy atom. The van der Waals surface area contributed by atoms with E-state index in [0.717, 1.165) is 0 Å². The molecular weight excluding hydrogens is 293 g/mol. The monoisotopic (exact) mass is 311 g/mol. The third-order valence-electron chi connectivity index (χ3n) is 3.39. The van der Waals surface area contributed by atoms with Crippen LogP contribution in [0.25, 0.3) is 0 Å². The van der Waals surface area contributed by atoms with E-state index < -0.39 is 21.9 Å². The third kappa shape index (κ3) is 3.14. The molecule has 1 atom stereocenters. The fourth-order valence-electron chi connectivity index (χ4n) is 2.28. The summed E-state index contributed by atoms with van der Waals surface area (Å²) in [5, 5.41) is 4.11. The maximum Gasteiger partial charge on any atom is 0.244 e. The smallest absolute Gasteiger partial charge is 0.244 e. The minimum Gasteiger partial charge on any atom is -0.271 e. The van der Waals surface area contributed by atoms with Gasteiger partial charge in [-0.15, -0.1) is 0 Å². The van der Waals surface area contributed by atoms with Crippen molar-refractivity contribution in [3.8, 4) is 0 Å². The number of halogens is 1. The van der Waals surface area contributed by atoms with Gasteiger partial charge in [-0.2, -0.15) is 5.10 Å². The van der Waals surface area contributed by atoms with Gasteiger partial charge in [0, 0.05) is 13.1 Å². The number of nitrogens with zero attached hydrogens (tertiary/aromatic N) is 2. The van der Waals surface area contributed by atoms with Crippen LogP contribution in [0, 0.1) is 19.7 Å². The number of hydrogen-bond donors (Lipinski definition) is 1. The van der Waals surface area contributed by atoms with Gasteiger partial charge in [-0.3, -0.25) is 4.68 Å². The molecule has 0 fully saturated rings. The Morgan fingerprint density at radius 1 is 1.33 bits per heavy atom. The Kier molecular flexibility index (Phi) is 4.15. The first-order valence-electron chi connectivity index (χ1n) is 6.50. The van der Waals surface area contributed by atoms with Gasteiger partial charge < -0.3 is 0 Å². The van der Waals surface area contributed by atoms with Crippen LogP contribution in [0.5, 0.6) is 0 Å². The van der Waals surface area contributed by atoms with Crippen molar-refractivity contribution in [1.29, 1.82) is 0 Å². The van der Waals surface area contributed by atoms with Gasteiger partial charge in [0.25, 0.3) is 0 Å². The molecule has 0 aliphatic heterocycles. The molecule has 0 aliphatic carbocycles. The highest BCUT2D eigenvalue weighted by Gasteiger charge is 2.25. The maximum atomic E-state index is 13.2. The van der Waals surface area contributed by atoms with E-state index in [1.165, 1.54) is 16.8 Å². The van der Waals surface area contributed by atoms with E-state index in [0.29, 0.717) is 17.0 Å². The van der Waals surface area contributed by atoms with Crippen LogP contribution in [-0.2, 0) is 17.1 Å². The van der Waals surface area contributed by atoms with E-state index >= 15 is 0 Å². The molecule has 0 saturated carbocycles. The van der Waals surface area contributed by atoms with E-state index in [-0.39, 0.29) is 4.90 Å². The van der Waals surface area contributed by atoms with Gasteiger partial charge in [0.15, 0.2) is 0 Å². The molecule has 1 heterocycles. The summed E-state index contributed by atoms with van der Waals surface area (Å²) in [6.45, 7) is 5.02. The lowest BCUT2D eigenvalue weighted by Gasteiger charge is -2.15. The molecule has 0 radical (unpaired) electrons. The van der Waals surface area contributed by atoms with E-state index in [1.54, 1.807) is 40.0 Å². The second-order valence-electron chi connectivity index (χ2n) is 5.02. The number of hydrogen-bond acceptors (Lipinski definition) is 3. The molecule has 0 bridgehead atoms. The highest BCUT2D eigenvalue weighted by Crippen LogP contribution is 2.22. The average Bonchev–Trinajstić information content (AvgIpc) is 2.63. The van der Waals surface area contributed by atoms with Crippen LogP contribution in [0.15, 0.2) is 29.2 Å². The van der Waals surface area contributed by atoms with Gasteiger partial charge in [0.05, 0.1) is 11.4 Å². The second kappa shape index (κ2) is 5.57. The summed E-state index contributed by atoms with van der Waals surface area (Å²) < 4.78 is 42.3. The Hall–Kier alpha value is -1.73. The lowest BCUT2D eigenvalue weighted by atomic mass is 10.1. The highest BCUT2D eigenvalue weighted by atomic mass is 32.2. The number of rotatable bonds is 4. The molecule has 21 heavy (non-hydrogen) atoms. The first-order chi connectivity index (χ1) is 9.72. The predicted molar refractivity (Wildman–Crippen MR) is 77.8 cm³/mol. The second-order valence-corrected chi connectivity index (χ2v) is 6.67. The standard InChI is InChI=1S/C14H18FN3O2S/c1-9(12-6-5-7-13(15)8-12)17-21(19,20)14-10(2)16-18(4)11(14)3/h5-9,17H,1-4H3/t9-/m1/s1. The molecule has 114 valence electrons. The summed E-state index contributed by atoms with van der Waals surface area (Å²) in [5.41, 5.74) is 1.57. The van der Waals surface area contributed by atoms with E-state index in [4.69, 9.17) is 0 Å². The van der Waals surface area contributed by atoms with Crippen LogP contribution < -0.4 is 4.72 Å². The van der Waals surface area contributed by atoms with Gasteiger partial charge >= 0.3 is 0 Å². The van der Waals surface area contributed by atoms with Crippen LogP contribution in [0.2, 0.25) is 0 Å². The molecule has 0 saturated heterocycles. The van der Waals surface area contributed by atoms with Crippen LogP contribution >= 0.6 is 0 Å². The summed E-state index contributed by atoms with van der Waals surface area (Å²) in [4.78, 5) is 0.174. The molecule has 7 heteroatoms. The molecule has 1 aromatic carbocycles. The Labute approximate surface area is 123 Å². The van der Waals surface area contributed by atoms with E-state index in [1.807, 2.05) is 0 Å². The van der Waals surface area contributed by atoms with Crippen LogP contribution in [0.4, 0.5) is 4.39 Å². The van der Waals surface area contributed by atoms with Crippen molar-refractivity contribution in [3.63, 3.8) is 0 Å². The van der Waals surface area contributed by atoms with Gasteiger partial charge in [-0.1, -0.05) is 12.1 Å². The van der Waals surface area contributed by atoms with Gasteiger partial charge in [-0.25, -0.2) is 17.5 Å². The normalized spacial score (nSPS) is 13.4. The maximum absolute atomic E-state index is 13.2. The molecular formula is C14H18FN3O2S. The molecule has 0 unspecified atom stereocenters. The third-order valence-corrected chi connectivity index (χ3v) is 5.18. The lowest BCUT2D eigenvalue weighted by Crippen LogP contribution is -2.27. The average molecular weight is 311 g/mol. The summed E-state index contributed by atoms with van der Waals surface area (Å²) >= 11 is 0. The summed E-state index contributed by atoms with van der Waals surface area (Å²) in [7, 11) is -2.02. The zero-order valence-corrected chi connectivity index (χ0v) is 13.2. The zero-order chi connectivity index (χ0) is 15.8. The Balaban J connectivity index is 2.33. The largest absolute Gasteiger partial charge is 0.271 e.